The summed E-state index contributed by atoms with van der Waals surface area (Å²) in [7, 11) is 0. The molecule has 0 radical (unpaired) electrons. The highest BCUT2D eigenvalue weighted by Crippen LogP contribution is 2.53. The van der Waals surface area contributed by atoms with Crippen LogP contribution in [0.2, 0.25) is 0 Å². The summed E-state index contributed by atoms with van der Waals surface area (Å²) < 4.78 is 77.6. The van der Waals surface area contributed by atoms with Crippen LogP contribution in [0.25, 0.3) is 0 Å². The normalized spacial score (nSPS) is 22.2. The molecule has 2 aliphatic heterocycles. The Kier molecular flexibility index (Phi) is 6.15. The van der Waals surface area contributed by atoms with E-state index in [0.717, 1.165) is 6.20 Å². The smallest absolute Gasteiger partial charge is 0.275 e. The molecule has 1 aromatic heterocycles. The Labute approximate surface area is 224 Å². The zero-order chi connectivity index (χ0) is 28.3. The Morgan fingerprint density at radius 1 is 1.07 bits per heavy atom. The molecule has 3 aliphatic rings. The van der Waals surface area contributed by atoms with Crippen LogP contribution in [0.3, 0.4) is 0 Å². The lowest BCUT2D eigenvalue weighted by molar-refractivity contribution is -0.0887. The van der Waals surface area contributed by atoms with Gasteiger partial charge in [-0.3, -0.25) is 14.4 Å². The predicted octanol–water partition coefficient (Wildman–Crippen LogP) is 4.03. The Hall–Kier alpha value is -4.22. The van der Waals surface area contributed by atoms with Crippen LogP contribution in [0, 0.1) is 23.4 Å². The Bertz CT molecular complexity index is 1570. The Morgan fingerprint density at radius 2 is 1.77 bits per heavy atom. The maximum atomic E-state index is 14.6. The van der Waals surface area contributed by atoms with Crippen molar-refractivity contribution in [2.24, 2.45) is 5.92 Å². The molecule has 1 aliphatic carbocycles. The fraction of sp³-hybridized carbons (Fsp3) is 0.321. The van der Waals surface area contributed by atoms with Gasteiger partial charge in [0, 0.05) is 55.4 Å². The average molecular weight is 559 g/mol. The van der Waals surface area contributed by atoms with Crippen molar-refractivity contribution >= 4 is 11.8 Å². The predicted molar refractivity (Wildman–Crippen MR) is 130 cm³/mol. The SMILES string of the molecule is O=C(NCc1c(F)cc(F)cc1F)c1cn2c(c(OCc3ccccc3)c1=O)C(=O)N1C3CC([C@@H]1C2)C(F)(F)C3. The highest BCUT2D eigenvalue weighted by molar-refractivity contribution is 5.99. The number of pyridine rings is 1. The van der Waals surface area contributed by atoms with Crippen molar-refractivity contribution in [3.05, 3.63) is 98.7 Å². The molecule has 2 amide bonds. The molecular weight excluding hydrogens is 537 g/mol. The van der Waals surface area contributed by atoms with Crippen molar-refractivity contribution in [3.63, 3.8) is 0 Å². The lowest BCUT2D eigenvalue weighted by atomic mass is 9.92. The van der Waals surface area contributed by atoms with Crippen molar-refractivity contribution in [1.82, 2.24) is 14.8 Å². The molecule has 40 heavy (non-hydrogen) atoms. The van der Waals surface area contributed by atoms with Crippen LogP contribution in [0.5, 0.6) is 5.75 Å². The molecule has 1 N–H and O–H groups in total. The lowest BCUT2D eigenvalue weighted by Gasteiger charge is -2.43. The summed E-state index contributed by atoms with van der Waals surface area (Å²) in [6, 6.07) is 8.12. The van der Waals surface area contributed by atoms with Gasteiger partial charge in [-0.25, -0.2) is 22.0 Å². The van der Waals surface area contributed by atoms with Crippen molar-refractivity contribution in [2.45, 2.75) is 50.5 Å². The lowest BCUT2D eigenvalue weighted by Crippen LogP contribution is -2.56. The van der Waals surface area contributed by atoms with Crippen LogP contribution in [0.1, 0.15) is 44.8 Å². The molecule has 208 valence electrons. The topological polar surface area (TPSA) is 80.6 Å². The van der Waals surface area contributed by atoms with Crippen LogP contribution in [-0.2, 0) is 19.7 Å². The van der Waals surface area contributed by atoms with E-state index in [1.54, 1.807) is 30.3 Å². The summed E-state index contributed by atoms with van der Waals surface area (Å²) in [5.74, 6) is -9.70. The molecule has 1 saturated heterocycles. The molecule has 2 unspecified atom stereocenters. The second kappa shape index (κ2) is 9.46. The largest absolute Gasteiger partial charge is 0.483 e. The number of halogens is 5. The van der Waals surface area contributed by atoms with E-state index in [1.165, 1.54) is 9.47 Å². The number of piperidine rings is 1. The van der Waals surface area contributed by atoms with Gasteiger partial charge >= 0.3 is 0 Å². The van der Waals surface area contributed by atoms with Crippen molar-refractivity contribution in [2.75, 3.05) is 0 Å². The van der Waals surface area contributed by atoms with E-state index in [4.69, 9.17) is 4.74 Å². The first kappa shape index (κ1) is 26.0. The first-order valence-electron chi connectivity index (χ1n) is 12.6. The molecule has 3 aromatic rings. The third-order valence-electron chi connectivity index (χ3n) is 7.85. The van der Waals surface area contributed by atoms with Gasteiger partial charge in [0.05, 0.1) is 6.04 Å². The molecule has 6 rings (SSSR count). The third-order valence-corrected chi connectivity index (χ3v) is 7.85. The van der Waals surface area contributed by atoms with Crippen molar-refractivity contribution in [3.8, 4) is 5.75 Å². The fourth-order valence-electron chi connectivity index (χ4n) is 6.02. The van der Waals surface area contributed by atoms with Gasteiger partial charge in [0.2, 0.25) is 5.43 Å². The molecule has 12 heteroatoms. The van der Waals surface area contributed by atoms with Gasteiger partial charge < -0.3 is 19.5 Å². The minimum Gasteiger partial charge on any atom is -0.483 e. The number of fused-ring (bicyclic) bond motifs is 6. The van der Waals surface area contributed by atoms with Crippen LogP contribution >= 0.6 is 0 Å². The van der Waals surface area contributed by atoms with Gasteiger partial charge in [-0.2, -0.15) is 0 Å². The van der Waals surface area contributed by atoms with E-state index in [9.17, 15) is 36.3 Å². The summed E-state index contributed by atoms with van der Waals surface area (Å²) in [5.41, 5.74) is -1.56. The van der Waals surface area contributed by atoms with Gasteiger partial charge in [0.1, 0.15) is 29.6 Å². The number of rotatable bonds is 6. The molecular formula is C28H22F5N3O4. The molecule has 3 atom stereocenters. The number of ether oxygens (including phenoxy) is 1. The number of hydrogen-bond acceptors (Lipinski definition) is 4. The highest BCUT2D eigenvalue weighted by atomic mass is 19.3. The summed E-state index contributed by atoms with van der Waals surface area (Å²) in [5, 5.41) is 2.24. The second-order valence-corrected chi connectivity index (χ2v) is 10.2. The van der Waals surface area contributed by atoms with Crippen LogP contribution in [0.4, 0.5) is 22.0 Å². The van der Waals surface area contributed by atoms with Gasteiger partial charge in [0.15, 0.2) is 11.4 Å². The zero-order valence-electron chi connectivity index (χ0n) is 20.8. The van der Waals surface area contributed by atoms with E-state index < -0.39 is 88.5 Å². The van der Waals surface area contributed by atoms with Crippen LogP contribution in [0.15, 0.2) is 53.5 Å². The Morgan fingerprint density at radius 3 is 2.48 bits per heavy atom. The standard InChI is InChI=1S/C28H22F5N3O4/c29-15-6-20(30)17(21(31)7-15)10-34-26(38)18-11-35-12-22-19-8-16(9-28(19,32)33)36(22)27(39)23(35)25(24(18)37)40-13-14-4-2-1-3-5-14/h1-7,11,16,19,22H,8-10,12-13H2,(H,34,38)/t16?,19?,22-/m0/s1. The minimum absolute atomic E-state index is 0.0959. The molecule has 2 fully saturated rings. The number of carbonyl (C=O) groups is 2. The first-order valence-corrected chi connectivity index (χ1v) is 12.6. The van der Waals surface area contributed by atoms with E-state index in [1.807, 2.05) is 0 Å². The highest BCUT2D eigenvalue weighted by Gasteiger charge is 2.63. The summed E-state index contributed by atoms with van der Waals surface area (Å²) in [6.07, 6.45) is 0.755. The first-order chi connectivity index (χ1) is 19.0. The van der Waals surface area contributed by atoms with E-state index in [0.29, 0.717) is 17.7 Å². The van der Waals surface area contributed by atoms with Crippen LogP contribution < -0.4 is 15.5 Å². The van der Waals surface area contributed by atoms with Gasteiger partial charge in [-0.1, -0.05) is 30.3 Å². The third kappa shape index (κ3) is 4.22. The van der Waals surface area contributed by atoms with E-state index >= 15 is 0 Å². The molecule has 1 saturated carbocycles. The number of carbonyl (C=O) groups excluding carboxylic acids is 2. The molecule has 2 bridgehead atoms. The maximum absolute atomic E-state index is 14.6. The maximum Gasteiger partial charge on any atom is 0.275 e. The molecule has 2 aromatic carbocycles. The number of nitrogens with one attached hydrogen (secondary N) is 1. The minimum atomic E-state index is -2.95. The van der Waals surface area contributed by atoms with Crippen LogP contribution in [-0.4, -0.2) is 39.3 Å². The molecule has 3 heterocycles. The second-order valence-electron chi connectivity index (χ2n) is 10.2. The number of amides is 2. The zero-order valence-corrected chi connectivity index (χ0v) is 20.8. The number of hydrogen-bond donors (Lipinski definition) is 1. The fourth-order valence-corrected chi connectivity index (χ4v) is 6.02. The average Bonchev–Trinajstić information content (AvgIpc) is 3.41. The van der Waals surface area contributed by atoms with E-state index in [2.05, 4.69) is 5.32 Å². The summed E-state index contributed by atoms with van der Waals surface area (Å²) in [6.45, 7) is -0.925. The summed E-state index contributed by atoms with van der Waals surface area (Å²) >= 11 is 0. The molecule has 0 spiro atoms. The van der Waals surface area contributed by atoms with Gasteiger partial charge in [-0.05, 0) is 12.0 Å². The van der Waals surface area contributed by atoms with Crippen molar-refractivity contribution in [1.29, 1.82) is 0 Å². The molecule has 7 nitrogen and oxygen atoms in total. The number of alkyl halides is 2. The number of aromatic nitrogens is 1. The Balaban J connectivity index is 1.37. The number of benzene rings is 2. The van der Waals surface area contributed by atoms with Gasteiger partial charge in [0.25, 0.3) is 17.7 Å². The quantitative estimate of drug-likeness (QED) is 0.463. The monoisotopic (exact) mass is 559 g/mol. The summed E-state index contributed by atoms with van der Waals surface area (Å²) in [4.78, 5) is 41.6. The number of nitrogens with zero attached hydrogens (tertiary/aromatic N) is 2. The van der Waals surface area contributed by atoms with Crippen molar-refractivity contribution < 1.29 is 36.3 Å². The van der Waals surface area contributed by atoms with E-state index in [-0.39, 0.29) is 25.3 Å². The van der Waals surface area contributed by atoms with Gasteiger partial charge in [-0.15, -0.1) is 0 Å².